The van der Waals surface area contributed by atoms with Crippen LogP contribution < -0.4 is 11.1 Å². The molecule has 1 heterocycles. The molecule has 0 spiro atoms. The molecule has 3 nitrogen and oxygen atoms in total. The minimum atomic E-state index is 0.226. The van der Waals surface area contributed by atoms with Gasteiger partial charge in [0.25, 0.3) is 0 Å². The molecule has 0 bridgehead atoms. The van der Waals surface area contributed by atoms with Gasteiger partial charge in [0, 0.05) is 11.6 Å². The van der Waals surface area contributed by atoms with E-state index < -0.39 is 0 Å². The number of nitrogens with two attached hydrogens (primary N) is 1. The van der Waals surface area contributed by atoms with Crippen LogP contribution in [0.25, 0.3) is 0 Å². The Morgan fingerprint density at radius 1 is 1.43 bits per heavy atom. The average molecular weight is 194 g/mol. The van der Waals surface area contributed by atoms with Gasteiger partial charge in [-0.05, 0) is 25.8 Å². The van der Waals surface area contributed by atoms with E-state index in [0.717, 1.165) is 11.6 Å². The van der Waals surface area contributed by atoms with Crippen molar-refractivity contribution in [3.8, 4) is 0 Å². The highest BCUT2D eigenvalue weighted by molar-refractivity contribution is 5.36. The zero-order chi connectivity index (χ0) is 10.0. The molecular weight excluding hydrogens is 176 g/mol. The number of anilines is 1. The van der Waals surface area contributed by atoms with Gasteiger partial charge >= 0.3 is 0 Å². The molecule has 0 atom stereocenters. The van der Waals surface area contributed by atoms with Gasteiger partial charge in [-0.3, -0.25) is 0 Å². The highest BCUT2D eigenvalue weighted by atomic mass is 16.4. The van der Waals surface area contributed by atoms with E-state index in [1.807, 2.05) is 12.1 Å². The first-order valence-electron chi connectivity index (χ1n) is 5.29. The maximum absolute atomic E-state index is 5.52. The molecule has 1 aromatic rings. The summed E-state index contributed by atoms with van der Waals surface area (Å²) >= 11 is 0. The Kier molecular flexibility index (Phi) is 2.50. The minimum absolute atomic E-state index is 0.226. The van der Waals surface area contributed by atoms with Gasteiger partial charge in [0.2, 0.25) is 0 Å². The van der Waals surface area contributed by atoms with Crippen LogP contribution >= 0.6 is 0 Å². The number of hydrogen-bond acceptors (Lipinski definition) is 3. The number of rotatable bonds is 3. The lowest BCUT2D eigenvalue weighted by Crippen LogP contribution is -2.30. The van der Waals surface area contributed by atoms with Gasteiger partial charge in [-0.2, -0.15) is 0 Å². The first-order valence-corrected chi connectivity index (χ1v) is 5.29. The number of furan rings is 1. The average Bonchev–Trinajstić information content (AvgIpc) is 2.75. The van der Waals surface area contributed by atoms with Gasteiger partial charge in [0.05, 0.1) is 6.54 Å². The standard InChI is InChI=1S/C11H18N2O/c1-11(6-2-3-7-11)13-10-5-4-9(8-12)14-10/h4-5,13H,2-3,6-8,12H2,1H3. The van der Waals surface area contributed by atoms with Gasteiger partial charge in [0.15, 0.2) is 5.88 Å². The SMILES string of the molecule is CC1(Nc2ccc(CN)o2)CCCC1. The molecule has 0 amide bonds. The fourth-order valence-corrected chi connectivity index (χ4v) is 2.13. The van der Waals surface area contributed by atoms with Crippen molar-refractivity contribution in [1.29, 1.82) is 0 Å². The Bertz CT molecular complexity index is 300. The summed E-state index contributed by atoms with van der Waals surface area (Å²) in [7, 11) is 0. The van der Waals surface area contributed by atoms with Gasteiger partial charge in [0.1, 0.15) is 5.76 Å². The van der Waals surface area contributed by atoms with Gasteiger partial charge in [-0.25, -0.2) is 0 Å². The predicted octanol–water partition coefficient (Wildman–Crippen LogP) is 2.48. The third-order valence-corrected chi connectivity index (χ3v) is 2.99. The molecule has 1 aliphatic rings. The zero-order valence-electron chi connectivity index (χ0n) is 8.68. The maximum Gasteiger partial charge on any atom is 0.193 e. The summed E-state index contributed by atoms with van der Waals surface area (Å²) in [5.74, 6) is 1.70. The molecule has 1 aromatic heterocycles. The van der Waals surface area contributed by atoms with Crippen LogP contribution in [0.1, 0.15) is 38.4 Å². The molecule has 0 saturated heterocycles. The molecule has 78 valence electrons. The smallest absolute Gasteiger partial charge is 0.193 e. The summed E-state index contributed by atoms with van der Waals surface area (Å²) in [6, 6.07) is 3.90. The molecule has 1 saturated carbocycles. The molecule has 1 aliphatic carbocycles. The van der Waals surface area contributed by atoms with Crippen LogP contribution in [0.4, 0.5) is 5.88 Å². The van der Waals surface area contributed by atoms with Crippen LogP contribution in [0.15, 0.2) is 16.5 Å². The summed E-state index contributed by atoms with van der Waals surface area (Å²) < 4.78 is 5.52. The third-order valence-electron chi connectivity index (χ3n) is 2.99. The van der Waals surface area contributed by atoms with E-state index in [2.05, 4.69) is 12.2 Å². The topological polar surface area (TPSA) is 51.2 Å². The van der Waals surface area contributed by atoms with Gasteiger partial charge < -0.3 is 15.5 Å². The Balaban J connectivity index is 2.02. The molecule has 1 fully saturated rings. The van der Waals surface area contributed by atoms with Crippen molar-refractivity contribution in [3.05, 3.63) is 17.9 Å². The molecule has 0 unspecified atom stereocenters. The summed E-state index contributed by atoms with van der Waals surface area (Å²) in [4.78, 5) is 0. The maximum atomic E-state index is 5.52. The Labute approximate surface area is 84.7 Å². The Hall–Kier alpha value is -0.960. The molecule has 2 rings (SSSR count). The number of nitrogens with one attached hydrogen (secondary N) is 1. The van der Waals surface area contributed by atoms with Gasteiger partial charge in [-0.1, -0.05) is 12.8 Å². The molecular formula is C11H18N2O. The van der Waals surface area contributed by atoms with Crippen molar-refractivity contribution in [3.63, 3.8) is 0 Å². The van der Waals surface area contributed by atoms with Crippen molar-refractivity contribution >= 4 is 5.88 Å². The lowest BCUT2D eigenvalue weighted by Gasteiger charge is -2.24. The minimum Gasteiger partial charge on any atom is -0.444 e. The lowest BCUT2D eigenvalue weighted by molar-refractivity contribution is 0.473. The second-order valence-corrected chi connectivity index (χ2v) is 4.36. The van der Waals surface area contributed by atoms with Gasteiger partial charge in [-0.15, -0.1) is 0 Å². The Morgan fingerprint density at radius 2 is 2.14 bits per heavy atom. The van der Waals surface area contributed by atoms with E-state index in [4.69, 9.17) is 10.2 Å². The summed E-state index contributed by atoms with van der Waals surface area (Å²) in [5.41, 5.74) is 5.71. The first-order chi connectivity index (χ1) is 6.72. The van der Waals surface area contributed by atoms with Crippen LogP contribution in [0, 0.1) is 0 Å². The van der Waals surface area contributed by atoms with Crippen LogP contribution in [0.3, 0.4) is 0 Å². The molecule has 0 radical (unpaired) electrons. The van der Waals surface area contributed by atoms with E-state index in [0.29, 0.717) is 6.54 Å². The lowest BCUT2D eigenvalue weighted by atomic mass is 10.0. The molecule has 3 heteroatoms. The molecule has 3 N–H and O–H groups in total. The van der Waals surface area contributed by atoms with E-state index >= 15 is 0 Å². The second-order valence-electron chi connectivity index (χ2n) is 4.36. The zero-order valence-corrected chi connectivity index (χ0v) is 8.68. The quantitative estimate of drug-likeness (QED) is 0.777. The van der Waals surface area contributed by atoms with Crippen molar-refractivity contribution in [2.24, 2.45) is 5.73 Å². The van der Waals surface area contributed by atoms with E-state index in [1.165, 1.54) is 25.7 Å². The summed E-state index contributed by atoms with van der Waals surface area (Å²) in [5, 5.41) is 3.45. The van der Waals surface area contributed by atoms with E-state index in [9.17, 15) is 0 Å². The molecule has 0 aliphatic heterocycles. The fraction of sp³-hybridized carbons (Fsp3) is 0.636. The van der Waals surface area contributed by atoms with Crippen molar-refractivity contribution in [2.75, 3.05) is 5.32 Å². The third kappa shape index (κ3) is 1.93. The molecule has 14 heavy (non-hydrogen) atoms. The van der Waals surface area contributed by atoms with Crippen LogP contribution in [0.2, 0.25) is 0 Å². The number of hydrogen-bond donors (Lipinski definition) is 2. The highest BCUT2D eigenvalue weighted by Crippen LogP contribution is 2.32. The second kappa shape index (κ2) is 3.65. The van der Waals surface area contributed by atoms with Crippen molar-refractivity contribution in [2.45, 2.75) is 44.7 Å². The largest absolute Gasteiger partial charge is 0.444 e. The highest BCUT2D eigenvalue weighted by Gasteiger charge is 2.28. The van der Waals surface area contributed by atoms with Crippen LogP contribution in [-0.2, 0) is 6.54 Å². The predicted molar refractivity (Wildman–Crippen MR) is 57.1 cm³/mol. The first kappa shape index (κ1) is 9.59. The molecule has 0 aromatic carbocycles. The Morgan fingerprint density at radius 3 is 2.71 bits per heavy atom. The van der Waals surface area contributed by atoms with Crippen LogP contribution in [-0.4, -0.2) is 5.54 Å². The van der Waals surface area contributed by atoms with E-state index in [-0.39, 0.29) is 5.54 Å². The van der Waals surface area contributed by atoms with Crippen molar-refractivity contribution < 1.29 is 4.42 Å². The normalized spacial score (nSPS) is 19.9. The monoisotopic (exact) mass is 194 g/mol. The summed E-state index contributed by atoms with van der Waals surface area (Å²) in [6.45, 7) is 2.73. The van der Waals surface area contributed by atoms with Crippen LogP contribution in [0.5, 0.6) is 0 Å². The fourth-order valence-electron chi connectivity index (χ4n) is 2.13. The summed E-state index contributed by atoms with van der Waals surface area (Å²) in [6.07, 6.45) is 5.08. The van der Waals surface area contributed by atoms with Crippen molar-refractivity contribution in [1.82, 2.24) is 0 Å². The van der Waals surface area contributed by atoms with E-state index in [1.54, 1.807) is 0 Å².